The number of nitrogens with one attached hydrogen (secondary N) is 2. The molecular formula is C19H22F2N2O3S2. The third-order valence-electron chi connectivity index (χ3n) is 3.80. The summed E-state index contributed by atoms with van der Waals surface area (Å²) in [5.74, 6) is -1.07. The molecule has 152 valence electrons. The number of halogens is 2. The maximum atomic E-state index is 13.2. The Kier molecular flexibility index (Phi) is 8.40. The number of rotatable bonds is 10. The van der Waals surface area contributed by atoms with Crippen molar-refractivity contribution in [2.75, 3.05) is 18.8 Å². The van der Waals surface area contributed by atoms with E-state index in [0.29, 0.717) is 12.6 Å². The van der Waals surface area contributed by atoms with Crippen LogP contribution in [0.5, 0.6) is 0 Å². The van der Waals surface area contributed by atoms with Crippen LogP contribution in [0.15, 0.2) is 47.4 Å². The third-order valence-corrected chi connectivity index (χ3v) is 6.29. The average molecular weight is 429 g/mol. The number of carbonyl (C=O) groups is 1. The van der Waals surface area contributed by atoms with Gasteiger partial charge in [0.05, 0.1) is 4.90 Å². The second kappa shape index (κ2) is 10.5. The van der Waals surface area contributed by atoms with Crippen molar-refractivity contribution in [1.82, 2.24) is 10.0 Å². The van der Waals surface area contributed by atoms with Crippen molar-refractivity contribution in [3.63, 3.8) is 0 Å². The monoisotopic (exact) mass is 428 g/mol. The van der Waals surface area contributed by atoms with Gasteiger partial charge in [0.15, 0.2) is 11.6 Å². The van der Waals surface area contributed by atoms with Gasteiger partial charge in [-0.05, 0) is 30.7 Å². The van der Waals surface area contributed by atoms with Gasteiger partial charge < -0.3 is 5.32 Å². The van der Waals surface area contributed by atoms with Gasteiger partial charge in [-0.2, -0.15) is 11.8 Å². The molecule has 9 heteroatoms. The SMILES string of the molecule is Cc1ccc(CSCCNC(=O)CCNS(=O)(=O)c2ccc(F)c(F)c2)cc1. The fourth-order valence-corrected chi connectivity index (χ4v) is 4.11. The molecule has 0 aromatic heterocycles. The summed E-state index contributed by atoms with van der Waals surface area (Å²) < 4.78 is 52.2. The molecule has 0 saturated carbocycles. The third kappa shape index (κ3) is 7.21. The number of sulfonamides is 1. The normalized spacial score (nSPS) is 11.4. The molecule has 0 unspecified atom stereocenters. The predicted molar refractivity (Wildman–Crippen MR) is 107 cm³/mol. The van der Waals surface area contributed by atoms with E-state index in [1.807, 2.05) is 6.92 Å². The minimum atomic E-state index is -4.00. The van der Waals surface area contributed by atoms with Gasteiger partial charge in [-0.25, -0.2) is 21.9 Å². The smallest absolute Gasteiger partial charge is 0.240 e. The van der Waals surface area contributed by atoms with Gasteiger partial charge in [-0.15, -0.1) is 0 Å². The number of carbonyl (C=O) groups excluding carboxylic acids is 1. The summed E-state index contributed by atoms with van der Waals surface area (Å²) in [4.78, 5) is 11.4. The maximum Gasteiger partial charge on any atom is 0.240 e. The molecule has 0 heterocycles. The molecule has 2 aromatic carbocycles. The first kappa shape index (κ1) is 22.3. The van der Waals surface area contributed by atoms with E-state index in [-0.39, 0.29) is 23.8 Å². The Morgan fingerprint density at radius 1 is 1.04 bits per heavy atom. The van der Waals surface area contributed by atoms with E-state index in [0.717, 1.165) is 23.6 Å². The molecule has 1 amide bonds. The van der Waals surface area contributed by atoms with Gasteiger partial charge in [0, 0.05) is 31.0 Å². The number of aryl methyl sites for hydroxylation is 1. The minimum Gasteiger partial charge on any atom is -0.355 e. The van der Waals surface area contributed by atoms with Gasteiger partial charge in [-0.1, -0.05) is 29.8 Å². The lowest BCUT2D eigenvalue weighted by Gasteiger charge is -2.08. The molecule has 0 radical (unpaired) electrons. The molecular weight excluding hydrogens is 406 g/mol. The first-order chi connectivity index (χ1) is 13.3. The quantitative estimate of drug-likeness (QED) is 0.571. The summed E-state index contributed by atoms with van der Waals surface area (Å²) >= 11 is 1.69. The van der Waals surface area contributed by atoms with E-state index in [1.165, 1.54) is 11.1 Å². The fraction of sp³-hybridized carbons (Fsp3) is 0.316. The lowest BCUT2D eigenvalue weighted by Crippen LogP contribution is -2.31. The summed E-state index contributed by atoms with van der Waals surface area (Å²) in [6.45, 7) is 2.37. The number of hydrogen-bond donors (Lipinski definition) is 2. The molecule has 0 aliphatic heterocycles. The molecule has 0 spiro atoms. The van der Waals surface area contributed by atoms with Crippen LogP contribution in [0.4, 0.5) is 8.78 Å². The Hall–Kier alpha value is -1.97. The zero-order valence-corrected chi connectivity index (χ0v) is 17.0. The first-order valence-corrected chi connectivity index (χ1v) is 11.3. The predicted octanol–water partition coefficient (Wildman–Crippen LogP) is 2.99. The number of amides is 1. The van der Waals surface area contributed by atoms with Crippen molar-refractivity contribution in [2.45, 2.75) is 24.0 Å². The van der Waals surface area contributed by atoms with Crippen LogP contribution in [-0.4, -0.2) is 33.2 Å². The highest BCUT2D eigenvalue weighted by Crippen LogP contribution is 2.14. The van der Waals surface area contributed by atoms with Crippen molar-refractivity contribution < 1.29 is 22.0 Å². The molecule has 2 aromatic rings. The lowest BCUT2D eigenvalue weighted by atomic mass is 10.2. The van der Waals surface area contributed by atoms with Crippen LogP contribution >= 0.6 is 11.8 Å². The van der Waals surface area contributed by atoms with Crippen molar-refractivity contribution in [3.05, 3.63) is 65.2 Å². The maximum absolute atomic E-state index is 13.2. The molecule has 0 atom stereocenters. The van der Waals surface area contributed by atoms with Gasteiger partial charge in [0.1, 0.15) is 0 Å². The second-order valence-electron chi connectivity index (χ2n) is 6.11. The van der Waals surface area contributed by atoms with Crippen LogP contribution in [0, 0.1) is 18.6 Å². The Morgan fingerprint density at radius 3 is 2.43 bits per heavy atom. The van der Waals surface area contributed by atoms with Crippen molar-refractivity contribution in [2.24, 2.45) is 0 Å². The van der Waals surface area contributed by atoms with Crippen LogP contribution in [0.2, 0.25) is 0 Å². The van der Waals surface area contributed by atoms with Crippen LogP contribution in [0.3, 0.4) is 0 Å². The number of hydrogen-bond acceptors (Lipinski definition) is 4. The Balaban J connectivity index is 1.64. The molecule has 2 N–H and O–H groups in total. The van der Waals surface area contributed by atoms with Crippen LogP contribution in [0.25, 0.3) is 0 Å². The van der Waals surface area contributed by atoms with Gasteiger partial charge in [0.25, 0.3) is 0 Å². The lowest BCUT2D eigenvalue weighted by molar-refractivity contribution is -0.120. The molecule has 2 rings (SSSR count). The van der Waals surface area contributed by atoms with E-state index in [4.69, 9.17) is 0 Å². The Labute approximate surface area is 168 Å². The van der Waals surface area contributed by atoms with Crippen molar-refractivity contribution >= 4 is 27.7 Å². The second-order valence-corrected chi connectivity index (χ2v) is 8.98. The molecule has 28 heavy (non-hydrogen) atoms. The molecule has 0 aliphatic rings. The van der Waals surface area contributed by atoms with Gasteiger partial charge >= 0.3 is 0 Å². The summed E-state index contributed by atoms with van der Waals surface area (Å²) in [5.41, 5.74) is 2.43. The first-order valence-electron chi connectivity index (χ1n) is 8.62. The highest BCUT2D eigenvalue weighted by atomic mass is 32.2. The summed E-state index contributed by atoms with van der Waals surface area (Å²) in [7, 11) is -4.00. The zero-order valence-electron chi connectivity index (χ0n) is 15.4. The molecule has 0 bridgehead atoms. The number of thioether (sulfide) groups is 1. The number of benzene rings is 2. The zero-order chi connectivity index (χ0) is 20.6. The average Bonchev–Trinajstić information content (AvgIpc) is 2.65. The summed E-state index contributed by atoms with van der Waals surface area (Å²) in [6.07, 6.45) is -0.0501. The summed E-state index contributed by atoms with van der Waals surface area (Å²) in [5, 5.41) is 2.72. The highest BCUT2D eigenvalue weighted by molar-refractivity contribution is 7.98. The van der Waals surface area contributed by atoms with E-state index in [9.17, 15) is 22.0 Å². The van der Waals surface area contributed by atoms with Crippen LogP contribution < -0.4 is 10.0 Å². The Bertz CT molecular complexity index is 904. The molecule has 0 aliphatic carbocycles. The van der Waals surface area contributed by atoms with Gasteiger partial charge in [0.2, 0.25) is 15.9 Å². The van der Waals surface area contributed by atoms with E-state index < -0.39 is 21.7 Å². The molecule has 0 saturated heterocycles. The van der Waals surface area contributed by atoms with Crippen LogP contribution in [-0.2, 0) is 20.6 Å². The van der Waals surface area contributed by atoms with Crippen molar-refractivity contribution in [3.8, 4) is 0 Å². The summed E-state index contributed by atoms with van der Waals surface area (Å²) in [6, 6.07) is 10.6. The van der Waals surface area contributed by atoms with E-state index in [1.54, 1.807) is 11.8 Å². The van der Waals surface area contributed by atoms with E-state index in [2.05, 4.69) is 34.3 Å². The fourth-order valence-electron chi connectivity index (χ4n) is 2.25. The molecule has 5 nitrogen and oxygen atoms in total. The topological polar surface area (TPSA) is 75.3 Å². The Morgan fingerprint density at radius 2 is 1.75 bits per heavy atom. The standard InChI is InChI=1S/C19H22F2N2O3S2/c1-14-2-4-15(5-3-14)13-27-11-10-22-19(24)8-9-23-28(25,26)16-6-7-17(20)18(21)12-16/h2-7,12,23H,8-11,13H2,1H3,(H,22,24). The van der Waals surface area contributed by atoms with Crippen LogP contribution in [0.1, 0.15) is 17.5 Å². The molecule has 0 fully saturated rings. The van der Waals surface area contributed by atoms with E-state index >= 15 is 0 Å². The van der Waals surface area contributed by atoms with Crippen molar-refractivity contribution in [1.29, 1.82) is 0 Å². The van der Waals surface area contributed by atoms with Gasteiger partial charge in [-0.3, -0.25) is 4.79 Å². The largest absolute Gasteiger partial charge is 0.355 e. The highest BCUT2D eigenvalue weighted by Gasteiger charge is 2.16. The minimum absolute atomic E-state index is 0.0501.